The summed E-state index contributed by atoms with van der Waals surface area (Å²) in [4.78, 5) is 0. The SMILES string of the molecule is C[NH2+]Cc1cc(OC)cc(OC)c1. The first-order valence-corrected chi connectivity index (χ1v) is 4.30. The molecule has 0 aliphatic carbocycles. The van der Waals surface area contributed by atoms with Gasteiger partial charge in [0, 0.05) is 11.6 Å². The molecule has 0 saturated carbocycles. The fraction of sp³-hybridized carbons (Fsp3) is 0.400. The van der Waals surface area contributed by atoms with E-state index in [1.807, 2.05) is 25.2 Å². The average Bonchev–Trinajstić information content (AvgIpc) is 2.17. The molecule has 2 N–H and O–H groups in total. The maximum atomic E-state index is 5.15. The smallest absolute Gasteiger partial charge is 0.123 e. The molecular weight excluding hydrogens is 166 g/mol. The lowest BCUT2D eigenvalue weighted by Crippen LogP contribution is -2.77. The first kappa shape index (κ1) is 9.86. The van der Waals surface area contributed by atoms with Gasteiger partial charge in [0.05, 0.1) is 21.3 Å². The molecule has 0 amide bonds. The molecule has 1 rings (SSSR count). The van der Waals surface area contributed by atoms with Crippen molar-refractivity contribution in [2.45, 2.75) is 6.54 Å². The second kappa shape index (κ2) is 4.72. The topological polar surface area (TPSA) is 35.1 Å². The molecule has 0 atom stereocenters. The van der Waals surface area contributed by atoms with Crippen molar-refractivity contribution < 1.29 is 14.8 Å². The van der Waals surface area contributed by atoms with Gasteiger partial charge in [-0.15, -0.1) is 0 Å². The Balaban J connectivity index is 2.93. The molecule has 0 unspecified atom stereocenters. The second-order valence-corrected chi connectivity index (χ2v) is 2.83. The lowest BCUT2D eigenvalue weighted by Gasteiger charge is -2.06. The summed E-state index contributed by atoms with van der Waals surface area (Å²) in [5, 5.41) is 2.11. The Kier molecular flexibility index (Phi) is 3.58. The van der Waals surface area contributed by atoms with Crippen molar-refractivity contribution in [1.29, 1.82) is 0 Å². The number of quaternary nitrogens is 1. The predicted octanol–water partition coefficient (Wildman–Crippen LogP) is 0.397. The molecule has 0 heterocycles. The largest absolute Gasteiger partial charge is 0.497 e. The molecule has 0 aromatic heterocycles. The maximum absolute atomic E-state index is 5.15. The summed E-state index contributed by atoms with van der Waals surface area (Å²) in [6.45, 7) is 0.938. The van der Waals surface area contributed by atoms with Crippen LogP contribution in [-0.4, -0.2) is 21.3 Å². The summed E-state index contributed by atoms with van der Waals surface area (Å²) < 4.78 is 10.3. The molecule has 0 aliphatic rings. The van der Waals surface area contributed by atoms with Gasteiger partial charge >= 0.3 is 0 Å². The van der Waals surface area contributed by atoms with Crippen LogP contribution in [-0.2, 0) is 6.54 Å². The molecule has 0 radical (unpaired) electrons. The lowest BCUT2D eigenvalue weighted by molar-refractivity contribution is -0.643. The van der Waals surface area contributed by atoms with Crippen molar-refractivity contribution in [1.82, 2.24) is 0 Å². The van der Waals surface area contributed by atoms with Crippen molar-refractivity contribution in [3.8, 4) is 11.5 Å². The van der Waals surface area contributed by atoms with Crippen molar-refractivity contribution >= 4 is 0 Å². The van der Waals surface area contributed by atoms with Gasteiger partial charge in [0.25, 0.3) is 0 Å². The average molecular weight is 182 g/mol. The van der Waals surface area contributed by atoms with E-state index in [0.29, 0.717) is 0 Å². The van der Waals surface area contributed by atoms with Gasteiger partial charge in [-0.2, -0.15) is 0 Å². The number of rotatable bonds is 4. The third-order valence-corrected chi connectivity index (χ3v) is 1.85. The molecular formula is C10H16NO2+. The number of methoxy groups -OCH3 is 2. The molecule has 13 heavy (non-hydrogen) atoms. The summed E-state index contributed by atoms with van der Waals surface area (Å²) in [6, 6.07) is 5.91. The zero-order valence-corrected chi connectivity index (χ0v) is 8.33. The number of hydrogen-bond donors (Lipinski definition) is 1. The van der Waals surface area contributed by atoms with E-state index in [2.05, 4.69) is 5.32 Å². The Morgan fingerprint density at radius 2 is 1.62 bits per heavy atom. The predicted molar refractivity (Wildman–Crippen MR) is 51.1 cm³/mol. The summed E-state index contributed by atoms with van der Waals surface area (Å²) in [5.74, 6) is 1.69. The van der Waals surface area contributed by atoms with E-state index >= 15 is 0 Å². The molecule has 1 aromatic carbocycles. The quantitative estimate of drug-likeness (QED) is 0.731. The summed E-state index contributed by atoms with van der Waals surface area (Å²) in [5.41, 5.74) is 1.21. The Hall–Kier alpha value is -1.22. The van der Waals surface area contributed by atoms with E-state index in [9.17, 15) is 0 Å². The zero-order chi connectivity index (χ0) is 9.68. The monoisotopic (exact) mass is 182 g/mol. The Labute approximate surface area is 78.7 Å². The first-order valence-electron chi connectivity index (χ1n) is 4.30. The summed E-state index contributed by atoms with van der Waals surface area (Å²) in [6.07, 6.45) is 0. The van der Waals surface area contributed by atoms with Crippen molar-refractivity contribution in [3.05, 3.63) is 23.8 Å². The van der Waals surface area contributed by atoms with Crippen molar-refractivity contribution in [2.75, 3.05) is 21.3 Å². The Bertz CT molecular complexity index is 251. The fourth-order valence-corrected chi connectivity index (χ4v) is 1.22. The van der Waals surface area contributed by atoms with Crippen LogP contribution in [0.5, 0.6) is 11.5 Å². The van der Waals surface area contributed by atoms with Gasteiger partial charge in [-0.25, -0.2) is 0 Å². The highest BCUT2D eigenvalue weighted by atomic mass is 16.5. The fourth-order valence-electron chi connectivity index (χ4n) is 1.22. The Morgan fingerprint density at radius 3 is 2.00 bits per heavy atom. The lowest BCUT2D eigenvalue weighted by atomic mass is 10.2. The first-order chi connectivity index (χ1) is 6.30. The van der Waals surface area contributed by atoms with Gasteiger partial charge in [-0.3, -0.25) is 0 Å². The molecule has 1 aromatic rings. The summed E-state index contributed by atoms with van der Waals surface area (Å²) in [7, 11) is 5.36. The molecule has 0 fully saturated rings. The van der Waals surface area contributed by atoms with E-state index in [1.165, 1.54) is 5.56 Å². The highest BCUT2D eigenvalue weighted by Gasteiger charge is 2.01. The highest BCUT2D eigenvalue weighted by molar-refractivity contribution is 5.37. The van der Waals surface area contributed by atoms with E-state index in [4.69, 9.17) is 9.47 Å². The van der Waals surface area contributed by atoms with Crippen molar-refractivity contribution in [3.63, 3.8) is 0 Å². The van der Waals surface area contributed by atoms with Crippen LogP contribution >= 0.6 is 0 Å². The summed E-state index contributed by atoms with van der Waals surface area (Å²) >= 11 is 0. The second-order valence-electron chi connectivity index (χ2n) is 2.83. The van der Waals surface area contributed by atoms with Crippen LogP contribution < -0.4 is 14.8 Å². The number of nitrogens with two attached hydrogens (primary N) is 1. The van der Waals surface area contributed by atoms with Gasteiger partial charge < -0.3 is 14.8 Å². The number of hydrogen-bond acceptors (Lipinski definition) is 2. The van der Waals surface area contributed by atoms with E-state index in [0.717, 1.165) is 18.0 Å². The Morgan fingerprint density at radius 1 is 1.08 bits per heavy atom. The normalized spacial score (nSPS) is 9.77. The van der Waals surface area contributed by atoms with Gasteiger partial charge in [-0.05, 0) is 12.1 Å². The number of benzene rings is 1. The molecule has 0 spiro atoms. The van der Waals surface area contributed by atoms with Crippen LogP contribution in [0.15, 0.2) is 18.2 Å². The van der Waals surface area contributed by atoms with Crippen LogP contribution in [0.2, 0.25) is 0 Å². The molecule has 0 saturated heterocycles. The molecule has 72 valence electrons. The number of ether oxygens (including phenoxy) is 2. The van der Waals surface area contributed by atoms with E-state index in [-0.39, 0.29) is 0 Å². The minimum absolute atomic E-state index is 0.844. The minimum atomic E-state index is 0.844. The molecule has 3 heteroatoms. The maximum Gasteiger partial charge on any atom is 0.123 e. The molecule has 0 bridgehead atoms. The zero-order valence-electron chi connectivity index (χ0n) is 8.33. The van der Waals surface area contributed by atoms with Crippen LogP contribution in [0.4, 0.5) is 0 Å². The van der Waals surface area contributed by atoms with Crippen LogP contribution in [0.3, 0.4) is 0 Å². The van der Waals surface area contributed by atoms with Gasteiger partial charge in [0.1, 0.15) is 18.0 Å². The van der Waals surface area contributed by atoms with E-state index in [1.54, 1.807) is 14.2 Å². The van der Waals surface area contributed by atoms with E-state index < -0.39 is 0 Å². The van der Waals surface area contributed by atoms with Crippen LogP contribution in [0.25, 0.3) is 0 Å². The third-order valence-electron chi connectivity index (χ3n) is 1.85. The highest BCUT2D eigenvalue weighted by Crippen LogP contribution is 2.21. The van der Waals surface area contributed by atoms with Gasteiger partial charge in [0.2, 0.25) is 0 Å². The molecule has 3 nitrogen and oxygen atoms in total. The molecule has 0 aliphatic heterocycles. The van der Waals surface area contributed by atoms with Crippen molar-refractivity contribution in [2.24, 2.45) is 0 Å². The van der Waals surface area contributed by atoms with Crippen LogP contribution in [0.1, 0.15) is 5.56 Å². The van der Waals surface area contributed by atoms with Gasteiger partial charge in [-0.1, -0.05) is 0 Å². The van der Waals surface area contributed by atoms with Crippen LogP contribution in [0, 0.1) is 0 Å². The minimum Gasteiger partial charge on any atom is -0.497 e. The van der Waals surface area contributed by atoms with Gasteiger partial charge in [0.15, 0.2) is 0 Å². The third kappa shape index (κ3) is 2.63. The standard InChI is InChI=1S/C10H15NO2/c1-11-7-8-4-9(12-2)6-10(5-8)13-3/h4-6,11H,7H2,1-3H3/p+1.